The van der Waals surface area contributed by atoms with Gasteiger partial charge in [-0.1, -0.05) is 98.8 Å². The van der Waals surface area contributed by atoms with Crippen LogP contribution in [0.1, 0.15) is 25.0 Å². The monoisotopic (exact) mass is 634 g/mol. The summed E-state index contributed by atoms with van der Waals surface area (Å²) in [5.41, 5.74) is 12.1. The average Bonchev–Trinajstić information content (AvgIpc) is 3.61. The highest BCUT2D eigenvalue weighted by Crippen LogP contribution is 2.52. The molecule has 1 heterocycles. The molecule has 0 saturated carbocycles. The first-order valence-corrected chi connectivity index (χ1v) is 17.3. The first-order chi connectivity index (χ1) is 23.6. The molecule has 2 nitrogen and oxygen atoms in total. The van der Waals surface area contributed by atoms with Crippen LogP contribution in [0.5, 0.6) is 0 Å². The van der Waals surface area contributed by atoms with E-state index in [4.69, 9.17) is 0 Å². The van der Waals surface area contributed by atoms with E-state index in [1.165, 1.54) is 42.4 Å². The van der Waals surface area contributed by atoms with Crippen LogP contribution in [0.15, 0.2) is 170 Å². The molecule has 0 amide bonds. The first-order valence-electron chi connectivity index (χ1n) is 16.5. The summed E-state index contributed by atoms with van der Waals surface area (Å²) in [6.45, 7) is 4.74. The van der Waals surface area contributed by atoms with E-state index >= 15 is 0 Å². The van der Waals surface area contributed by atoms with Crippen LogP contribution in [0.4, 0.5) is 34.1 Å². The van der Waals surface area contributed by atoms with Gasteiger partial charge in [-0.3, -0.25) is 0 Å². The Labute approximate surface area is 285 Å². The molecular weight excluding hydrogens is 601 g/mol. The van der Waals surface area contributed by atoms with Gasteiger partial charge in [0.25, 0.3) is 0 Å². The van der Waals surface area contributed by atoms with E-state index < -0.39 is 0 Å². The number of anilines is 6. The second kappa shape index (κ2) is 11.3. The zero-order valence-corrected chi connectivity index (χ0v) is 27.8. The highest BCUT2D eigenvalue weighted by Gasteiger charge is 2.37. The first kappa shape index (κ1) is 28.6. The van der Waals surface area contributed by atoms with E-state index in [9.17, 15) is 0 Å². The highest BCUT2D eigenvalue weighted by atomic mass is 32.1. The Bertz CT molecular complexity index is 2390. The van der Waals surface area contributed by atoms with E-state index in [1.54, 1.807) is 0 Å². The maximum absolute atomic E-state index is 2.42. The number of hydrogen-bond donors (Lipinski definition) is 0. The minimum absolute atomic E-state index is 0.189. The molecule has 48 heavy (non-hydrogen) atoms. The van der Waals surface area contributed by atoms with Gasteiger partial charge in [-0.2, -0.15) is 0 Å². The number of benzene rings is 7. The van der Waals surface area contributed by atoms with E-state index in [2.05, 4.69) is 194 Å². The van der Waals surface area contributed by atoms with E-state index in [0.717, 1.165) is 34.1 Å². The maximum Gasteiger partial charge on any atom is 0.0468 e. The summed E-state index contributed by atoms with van der Waals surface area (Å²) in [6.07, 6.45) is 0. The summed E-state index contributed by atoms with van der Waals surface area (Å²) in [6, 6.07) is 61.7. The standard InChI is InChI=1S/C45H34N2S/c1-45(2)41-29-35(46(31-14-6-3-7-15-31)32-16-8-4-9-17-32)22-25-37(41)38-26-23-36(30-42(38)45)47(33-18-10-5-11-19-33)34-24-27-44-40(28-34)39-20-12-13-21-43(39)48-44/h3-30H,1-2H3. The Balaban J connectivity index is 1.17. The van der Waals surface area contributed by atoms with Crippen molar-refractivity contribution in [1.82, 2.24) is 0 Å². The quantitative estimate of drug-likeness (QED) is 0.180. The minimum atomic E-state index is -0.189. The molecule has 0 spiro atoms. The van der Waals surface area contributed by atoms with Crippen LogP contribution in [0.2, 0.25) is 0 Å². The van der Waals surface area contributed by atoms with Crippen LogP contribution >= 0.6 is 11.3 Å². The largest absolute Gasteiger partial charge is 0.310 e. The number of hydrogen-bond acceptors (Lipinski definition) is 3. The Morgan fingerprint density at radius 3 is 1.33 bits per heavy atom. The summed E-state index contributed by atoms with van der Waals surface area (Å²) in [5, 5.41) is 2.62. The Morgan fingerprint density at radius 2 is 0.792 bits per heavy atom. The van der Waals surface area contributed by atoms with Crippen LogP contribution < -0.4 is 9.80 Å². The van der Waals surface area contributed by atoms with Gasteiger partial charge in [0.05, 0.1) is 0 Å². The van der Waals surface area contributed by atoms with E-state index in [-0.39, 0.29) is 5.41 Å². The van der Waals surface area contributed by atoms with Crippen molar-refractivity contribution >= 4 is 65.6 Å². The lowest BCUT2D eigenvalue weighted by molar-refractivity contribution is 0.660. The van der Waals surface area contributed by atoms with Crippen molar-refractivity contribution in [2.24, 2.45) is 0 Å². The molecule has 0 saturated heterocycles. The third kappa shape index (κ3) is 4.62. The van der Waals surface area contributed by atoms with Crippen molar-refractivity contribution in [2.75, 3.05) is 9.80 Å². The second-order valence-corrected chi connectivity index (χ2v) is 14.1. The van der Waals surface area contributed by atoms with E-state index in [0.29, 0.717) is 0 Å². The van der Waals surface area contributed by atoms with Gasteiger partial charge < -0.3 is 9.80 Å². The Morgan fingerprint density at radius 1 is 0.375 bits per heavy atom. The van der Waals surface area contributed by atoms with Crippen molar-refractivity contribution < 1.29 is 0 Å². The lowest BCUT2D eigenvalue weighted by Gasteiger charge is -2.29. The maximum atomic E-state index is 2.42. The minimum Gasteiger partial charge on any atom is -0.310 e. The molecule has 0 fully saturated rings. The zero-order chi connectivity index (χ0) is 32.2. The van der Waals surface area contributed by atoms with Crippen molar-refractivity contribution in [1.29, 1.82) is 0 Å². The Hall–Kier alpha value is -5.64. The molecule has 8 aromatic rings. The molecule has 0 N–H and O–H groups in total. The molecule has 7 aromatic carbocycles. The summed E-state index contributed by atoms with van der Waals surface area (Å²) < 4.78 is 2.64. The molecule has 0 radical (unpaired) electrons. The van der Waals surface area contributed by atoms with Crippen LogP contribution in [-0.4, -0.2) is 0 Å². The third-order valence-corrected chi connectivity index (χ3v) is 11.0. The van der Waals surface area contributed by atoms with E-state index in [1.807, 2.05) is 11.3 Å². The summed E-state index contributed by atoms with van der Waals surface area (Å²) >= 11 is 1.86. The molecule has 3 heteroatoms. The van der Waals surface area contributed by atoms with Gasteiger partial charge >= 0.3 is 0 Å². The van der Waals surface area contributed by atoms with Gasteiger partial charge in [-0.15, -0.1) is 11.3 Å². The number of rotatable bonds is 6. The van der Waals surface area contributed by atoms with Gasteiger partial charge in [0.15, 0.2) is 0 Å². The van der Waals surface area contributed by atoms with Crippen LogP contribution in [0.25, 0.3) is 31.3 Å². The fraction of sp³-hybridized carbons (Fsp3) is 0.0667. The van der Waals surface area contributed by atoms with Crippen LogP contribution in [0, 0.1) is 0 Å². The van der Waals surface area contributed by atoms with Gasteiger partial charge in [0.2, 0.25) is 0 Å². The van der Waals surface area contributed by atoms with Crippen LogP contribution in [-0.2, 0) is 5.41 Å². The number of nitrogens with zero attached hydrogens (tertiary/aromatic N) is 2. The van der Waals surface area contributed by atoms with Gasteiger partial charge in [0, 0.05) is 59.7 Å². The topological polar surface area (TPSA) is 6.48 Å². The lowest BCUT2D eigenvalue weighted by atomic mass is 9.82. The van der Waals surface area contributed by atoms with Crippen LogP contribution in [0.3, 0.4) is 0 Å². The predicted molar refractivity (Wildman–Crippen MR) is 206 cm³/mol. The molecule has 0 aliphatic heterocycles. The molecule has 0 bridgehead atoms. The van der Waals surface area contributed by atoms with Crippen molar-refractivity contribution in [3.63, 3.8) is 0 Å². The normalized spacial score (nSPS) is 13.0. The predicted octanol–water partition coefficient (Wildman–Crippen LogP) is 13.3. The fourth-order valence-electron chi connectivity index (χ4n) is 7.47. The Kier molecular flexibility index (Phi) is 6.70. The smallest absolute Gasteiger partial charge is 0.0468 e. The molecule has 0 unspecified atom stereocenters. The lowest BCUT2D eigenvalue weighted by Crippen LogP contribution is -2.17. The zero-order valence-electron chi connectivity index (χ0n) is 27.0. The SMILES string of the molecule is CC1(C)c2cc(N(c3ccccc3)c3ccccc3)ccc2-c2ccc(N(c3ccccc3)c3ccc4sc5ccccc5c4c3)cc21. The van der Waals surface area contributed by atoms with Crippen molar-refractivity contribution in [3.8, 4) is 11.1 Å². The van der Waals surface area contributed by atoms with Crippen molar-refractivity contribution in [2.45, 2.75) is 19.3 Å². The highest BCUT2D eigenvalue weighted by molar-refractivity contribution is 7.25. The molecular formula is C45H34N2S. The van der Waals surface area contributed by atoms with Gasteiger partial charge in [-0.05, 0) is 107 Å². The molecule has 9 rings (SSSR count). The van der Waals surface area contributed by atoms with Gasteiger partial charge in [0.1, 0.15) is 0 Å². The molecule has 0 atom stereocenters. The van der Waals surface area contributed by atoms with Crippen molar-refractivity contribution in [3.05, 3.63) is 181 Å². The molecule has 230 valence electrons. The number of fused-ring (bicyclic) bond motifs is 6. The summed E-state index contributed by atoms with van der Waals surface area (Å²) in [5.74, 6) is 0. The molecule has 1 aliphatic rings. The number of para-hydroxylation sites is 3. The second-order valence-electron chi connectivity index (χ2n) is 13.0. The fourth-order valence-corrected chi connectivity index (χ4v) is 8.56. The summed E-state index contributed by atoms with van der Waals surface area (Å²) in [4.78, 5) is 4.76. The molecule has 1 aliphatic carbocycles. The number of thiophene rings is 1. The average molecular weight is 635 g/mol. The van der Waals surface area contributed by atoms with Gasteiger partial charge in [-0.25, -0.2) is 0 Å². The summed E-state index contributed by atoms with van der Waals surface area (Å²) in [7, 11) is 0. The third-order valence-electron chi connectivity index (χ3n) is 9.82. The molecule has 1 aromatic heterocycles.